The molecule has 142 valence electrons. The van der Waals surface area contributed by atoms with E-state index in [4.69, 9.17) is 0 Å². The van der Waals surface area contributed by atoms with E-state index in [2.05, 4.69) is 39.1 Å². The molecule has 1 aromatic carbocycles. The number of nitrogens with one attached hydrogen (secondary N) is 1. The third-order valence-corrected chi connectivity index (χ3v) is 6.69. The van der Waals surface area contributed by atoms with Crippen molar-refractivity contribution in [1.29, 1.82) is 0 Å². The minimum absolute atomic E-state index is 0.0352. The van der Waals surface area contributed by atoms with Gasteiger partial charge in [-0.2, -0.15) is 0 Å². The highest BCUT2D eigenvalue weighted by molar-refractivity contribution is 7.99. The topological polar surface area (TPSA) is 59.8 Å². The molecule has 5 nitrogen and oxygen atoms in total. The van der Waals surface area contributed by atoms with E-state index in [-0.39, 0.29) is 5.91 Å². The van der Waals surface area contributed by atoms with Gasteiger partial charge in [0.25, 0.3) is 0 Å². The summed E-state index contributed by atoms with van der Waals surface area (Å²) in [6, 6.07) is 14.4. The first-order valence-corrected chi connectivity index (χ1v) is 11.7. The molecule has 0 saturated heterocycles. The highest BCUT2D eigenvalue weighted by Gasteiger charge is 2.14. The summed E-state index contributed by atoms with van der Waals surface area (Å²) in [6.07, 6.45) is 0.948. The number of carbonyl (C=O) groups excluding carboxylic acids is 1. The van der Waals surface area contributed by atoms with Crippen LogP contribution in [0, 0.1) is 0 Å². The zero-order valence-corrected chi connectivity index (χ0v) is 17.6. The lowest BCUT2D eigenvalue weighted by Gasteiger charge is -2.07. The zero-order valence-electron chi connectivity index (χ0n) is 15.1. The lowest BCUT2D eigenvalue weighted by molar-refractivity contribution is -0.118. The van der Waals surface area contributed by atoms with Crippen LogP contribution in [0.2, 0.25) is 0 Å². The van der Waals surface area contributed by atoms with Gasteiger partial charge in [-0.3, -0.25) is 4.79 Å². The summed E-state index contributed by atoms with van der Waals surface area (Å²) in [7, 11) is 0. The minimum Gasteiger partial charge on any atom is -0.355 e. The molecule has 1 amide bonds. The van der Waals surface area contributed by atoms with Gasteiger partial charge in [0, 0.05) is 18.0 Å². The van der Waals surface area contributed by atoms with E-state index in [1.54, 1.807) is 11.3 Å². The van der Waals surface area contributed by atoms with Crippen LogP contribution in [-0.4, -0.2) is 38.7 Å². The second-order valence-corrected chi connectivity index (χ2v) is 8.74. The maximum absolute atomic E-state index is 12.1. The first-order chi connectivity index (χ1) is 13.3. The molecule has 3 rings (SSSR count). The molecule has 0 aliphatic carbocycles. The molecule has 0 bridgehead atoms. The normalized spacial score (nSPS) is 10.9. The van der Waals surface area contributed by atoms with Crippen molar-refractivity contribution in [3.8, 4) is 10.7 Å². The Morgan fingerprint density at radius 1 is 1.15 bits per heavy atom. The Hall–Kier alpha value is -1.77. The molecule has 0 fully saturated rings. The number of thiophene rings is 1. The van der Waals surface area contributed by atoms with E-state index < -0.39 is 0 Å². The monoisotopic (exact) mass is 418 g/mol. The van der Waals surface area contributed by atoms with Crippen molar-refractivity contribution >= 4 is 40.8 Å². The lowest BCUT2D eigenvalue weighted by Crippen LogP contribution is -2.26. The summed E-state index contributed by atoms with van der Waals surface area (Å²) >= 11 is 4.89. The van der Waals surface area contributed by atoms with Crippen molar-refractivity contribution < 1.29 is 4.79 Å². The number of hydrogen-bond donors (Lipinski definition) is 1. The number of thioether (sulfide) groups is 2. The molecule has 0 radical (unpaired) electrons. The average Bonchev–Trinajstić information content (AvgIpc) is 3.36. The zero-order chi connectivity index (χ0) is 18.9. The SMILES string of the molecule is CCn1c(SCC(=O)NCCCSc2ccccc2)nnc1-c1cccs1. The number of rotatable bonds is 10. The van der Waals surface area contributed by atoms with Crippen molar-refractivity contribution in [2.45, 2.75) is 29.9 Å². The van der Waals surface area contributed by atoms with Crippen molar-refractivity contribution in [2.24, 2.45) is 0 Å². The summed E-state index contributed by atoms with van der Waals surface area (Å²) < 4.78 is 2.06. The maximum Gasteiger partial charge on any atom is 0.230 e. The molecule has 2 heterocycles. The fourth-order valence-electron chi connectivity index (χ4n) is 2.46. The second kappa shape index (κ2) is 10.5. The number of hydrogen-bond acceptors (Lipinski definition) is 6. The Labute approximate surface area is 172 Å². The van der Waals surface area contributed by atoms with E-state index >= 15 is 0 Å². The quantitative estimate of drug-likeness (QED) is 0.390. The van der Waals surface area contributed by atoms with Crippen LogP contribution in [0.4, 0.5) is 0 Å². The van der Waals surface area contributed by atoms with Gasteiger partial charge in [-0.25, -0.2) is 0 Å². The van der Waals surface area contributed by atoms with Gasteiger partial charge >= 0.3 is 0 Å². The number of nitrogens with zero attached hydrogens (tertiary/aromatic N) is 3. The maximum atomic E-state index is 12.1. The predicted molar refractivity (Wildman–Crippen MR) is 115 cm³/mol. The smallest absolute Gasteiger partial charge is 0.230 e. The van der Waals surface area contributed by atoms with Crippen molar-refractivity contribution in [2.75, 3.05) is 18.1 Å². The van der Waals surface area contributed by atoms with Gasteiger partial charge in [0.05, 0.1) is 10.6 Å². The number of aromatic nitrogens is 3. The molecular formula is C19H22N4OS3. The molecule has 0 saturated carbocycles. The first kappa shape index (κ1) is 20.0. The van der Waals surface area contributed by atoms with E-state index in [1.807, 2.05) is 47.5 Å². The van der Waals surface area contributed by atoms with E-state index in [0.29, 0.717) is 12.3 Å². The van der Waals surface area contributed by atoms with Crippen LogP contribution in [0.25, 0.3) is 10.7 Å². The molecule has 0 unspecified atom stereocenters. The Bertz CT molecular complexity index is 834. The summed E-state index contributed by atoms with van der Waals surface area (Å²) in [6.45, 7) is 3.54. The highest BCUT2D eigenvalue weighted by Crippen LogP contribution is 2.27. The largest absolute Gasteiger partial charge is 0.355 e. The molecule has 3 aromatic rings. The molecule has 0 atom stereocenters. The standard InChI is InChI=1S/C19H22N4OS3/c1-2-23-18(16-10-6-12-26-16)21-22-19(23)27-14-17(24)20-11-7-13-25-15-8-4-3-5-9-15/h3-6,8-10,12H,2,7,11,13-14H2,1H3,(H,20,24). The molecule has 2 aromatic heterocycles. The third kappa shape index (κ3) is 5.85. The highest BCUT2D eigenvalue weighted by atomic mass is 32.2. The molecule has 27 heavy (non-hydrogen) atoms. The van der Waals surface area contributed by atoms with Crippen molar-refractivity contribution in [1.82, 2.24) is 20.1 Å². The molecule has 0 spiro atoms. The molecule has 1 N–H and O–H groups in total. The van der Waals surface area contributed by atoms with Crippen molar-refractivity contribution in [3.63, 3.8) is 0 Å². The van der Waals surface area contributed by atoms with Crippen LogP contribution in [-0.2, 0) is 11.3 Å². The fraction of sp³-hybridized carbons (Fsp3) is 0.316. The van der Waals surface area contributed by atoms with E-state index in [1.165, 1.54) is 16.7 Å². The summed E-state index contributed by atoms with van der Waals surface area (Å²) in [4.78, 5) is 14.4. The van der Waals surface area contributed by atoms with Crippen LogP contribution in [0.15, 0.2) is 57.9 Å². The Balaban J connectivity index is 1.39. The fourth-order valence-corrected chi connectivity index (χ4v) is 4.88. The van der Waals surface area contributed by atoms with Gasteiger partial charge in [-0.1, -0.05) is 36.0 Å². The van der Waals surface area contributed by atoms with Crippen LogP contribution in [0.5, 0.6) is 0 Å². The second-order valence-electron chi connectivity index (χ2n) is 5.68. The summed E-state index contributed by atoms with van der Waals surface area (Å²) in [5.41, 5.74) is 0. The van der Waals surface area contributed by atoms with Gasteiger partial charge in [-0.05, 0) is 42.7 Å². The number of benzene rings is 1. The number of amides is 1. The van der Waals surface area contributed by atoms with Gasteiger partial charge in [0.15, 0.2) is 11.0 Å². The van der Waals surface area contributed by atoms with Gasteiger partial charge in [0.1, 0.15) is 0 Å². The van der Waals surface area contributed by atoms with Gasteiger partial charge < -0.3 is 9.88 Å². The van der Waals surface area contributed by atoms with Gasteiger partial charge in [0.2, 0.25) is 5.91 Å². The third-order valence-electron chi connectivity index (χ3n) is 3.76. The predicted octanol–water partition coefficient (Wildman–Crippen LogP) is 4.42. The van der Waals surface area contributed by atoms with Crippen LogP contribution < -0.4 is 5.32 Å². The molecular weight excluding hydrogens is 396 g/mol. The molecule has 0 aliphatic heterocycles. The van der Waals surface area contributed by atoms with Crippen LogP contribution in [0.3, 0.4) is 0 Å². The summed E-state index contributed by atoms with van der Waals surface area (Å²) in [5, 5.41) is 14.3. The van der Waals surface area contributed by atoms with Gasteiger partial charge in [-0.15, -0.1) is 33.3 Å². The Morgan fingerprint density at radius 3 is 2.74 bits per heavy atom. The lowest BCUT2D eigenvalue weighted by atomic mass is 10.4. The minimum atomic E-state index is 0.0352. The Kier molecular flexibility index (Phi) is 7.79. The van der Waals surface area contributed by atoms with Crippen LogP contribution >= 0.6 is 34.9 Å². The Morgan fingerprint density at radius 2 is 2.00 bits per heavy atom. The molecule has 0 aliphatic rings. The average molecular weight is 419 g/mol. The summed E-state index contributed by atoms with van der Waals surface area (Å²) in [5.74, 6) is 2.25. The van der Waals surface area contributed by atoms with Crippen LogP contribution in [0.1, 0.15) is 13.3 Å². The van der Waals surface area contributed by atoms with Crippen molar-refractivity contribution in [3.05, 3.63) is 47.8 Å². The number of carbonyl (C=O) groups is 1. The molecule has 8 heteroatoms. The van der Waals surface area contributed by atoms with E-state index in [0.717, 1.165) is 34.6 Å². The van der Waals surface area contributed by atoms with E-state index in [9.17, 15) is 4.79 Å². The first-order valence-electron chi connectivity index (χ1n) is 8.82.